The summed E-state index contributed by atoms with van der Waals surface area (Å²) >= 11 is 0. The summed E-state index contributed by atoms with van der Waals surface area (Å²) in [4.78, 5) is 12.5. The van der Waals surface area contributed by atoms with Crippen LogP contribution in [-0.2, 0) is 19.7 Å². The Morgan fingerprint density at radius 1 is 1.00 bits per heavy atom. The van der Waals surface area contributed by atoms with Gasteiger partial charge in [0, 0.05) is 17.8 Å². The van der Waals surface area contributed by atoms with Crippen molar-refractivity contribution >= 4 is 48.1 Å². The fourth-order valence-electron chi connectivity index (χ4n) is 3.79. The van der Waals surface area contributed by atoms with E-state index in [1.165, 1.54) is 16.8 Å². The van der Waals surface area contributed by atoms with Crippen molar-refractivity contribution in [2.45, 2.75) is 50.3 Å². The Morgan fingerprint density at radius 2 is 1.61 bits per heavy atom. The Labute approximate surface area is 194 Å². The highest BCUT2D eigenvalue weighted by atomic mass is 32.2. The second kappa shape index (κ2) is 9.64. The van der Waals surface area contributed by atoms with Gasteiger partial charge in [0.15, 0.2) is 19.7 Å². The van der Waals surface area contributed by atoms with Crippen LogP contribution in [0, 0.1) is 5.92 Å². The monoisotopic (exact) mass is 491 g/mol. The fourth-order valence-corrected chi connectivity index (χ4v) is 7.78. The third kappa shape index (κ3) is 4.81. The van der Waals surface area contributed by atoms with Gasteiger partial charge in [-0.15, -0.1) is 0 Å². The van der Waals surface area contributed by atoms with Crippen LogP contribution in [0.1, 0.15) is 51.0 Å². The molecule has 8 nitrogen and oxygen atoms in total. The minimum atomic E-state index is -4.10. The summed E-state index contributed by atoms with van der Waals surface area (Å²) < 4.78 is 55.1. The summed E-state index contributed by atoms with van der Waals surface area (Å²) in [6, 6.07) is 8.82. The first-order valence-corrected chi connectivity index (χ1v) is 14.2. The van der Waals surface area contributed by atoms with Crippen LogP contribution in [-0.4, -0.2) is 44.9 Å². The average molecular weight is 492 g/mol. The van der Waals surface area contributed by atoms with Crippen LogP contribution in [0.5, 0.6) is 0 Å². The van der Waals surface area contributed by atoms with Crippen molar-refractivity contribution in [3.63, 3.8) is 0 Å². The molecule has 3 rings (SSSR count). The summed E-state index contributed by atoms with van der Waals surface area (Å²) in [5, 5.41) is 5.20. The maximum Gasteiger partial charge on any atom is 0.289 e. The molecule has 0 aliphatic heterocycles. The first-order valence-electron chi connectivity index (χ1n) is 10.9. The van der Waals surface area contributed by atoms with Gasteiger partial charge in [0.2, 0.25) is 0 Å². The molecule has 33 heavy (non-hydrogen) atoms. The number of hydrogen-bond donors (Lipinski definition) is 1. The van der Waals surface area contributed by atoms with Gasteiger partial charge in [0.25, 0.3) is 5.91 Å². The molecule has 10 heteroatoms. The summed E-state index contributed by atoms with van der Waals surface area (Å²) in [6.45, 7) is 7.15. The highest BCUT2D eigenvalue weighted by Crippen LogP contribution is 2.37. The number of sulfone groups is 2. The van der Waals surface area contributed by atoms with Crippen LogP contribution in [0.25, 0.3) is 16.3 Å². The van der Waals surface area contributed by atoms with Crippen molar-refractivity contribution in [2.75, 3.05) is 11.5 Å². The largest absolute Gasteiger partial charge is 0.309 e. The van der Waals surface area contributed by atoms with Crippen LogP contribution >= 0.6 is 0 Å². The maximum atomic E-state index is 13.5. The van der Waals surface area contributed by atoms with Crippen LogP contribution < -0.4 is 5.43 Å². The third-order valence-electron chi connectivity index (χ3n) is 5.06. The van der Waals surface area contributed by atoms with E-state index < -0.39 is 30.5 Å². The summed E-state index contributed by atoms with van der Waals surface area (Å²) in [5.41, 5.74) is 2.31. The number of fused-ring (bicyclic) bond motifs is 3. The van der Waals surface area contributed by atoms with Gasteiger partial charge in [-0.25, -0.2) is 22.3 Å². The van der Waals surface area contributed by atoms with E-state index in [4.69, 9.17) is 0 Å². The Kier molecular flexibility index (Phi) is 7.28. The predicted octanol–water partition coefficient (Wildman–Crippen LogP) is 3.83. The Balaban J connectivity index is 2.54. The van der Waals surface area contributed by atoms with E-state index in [0.717, 1.165) is 5.39 Å². The molecule has 1 N–H and O–H groups in total. The van der Waals surface area contributed by atoms with E-state index in [0.29, 0.717) is 11.8 Å². The molecule has 0 bridgehead atoms. The number of benzene rings is 1. The molecule has 2 aromatic heterocycles. The van der Waals surface area contributed by atoms with Gasteiger partial charge in [-0.3, -0.25) is 4.79 Å². The Hall–Kier alpha value is -2.72. The molecule has 0 fully saturated rings. The zero-order chi connectivity index (χ0) is 24.4. The number of pyridine rings is 1. The summed E-state index contributed by atoms with van der Waals surface area (Å²) in [5.74, 6) is -1.25. The van der Waals surface area contributed by atoms with Gasteiger partial charge in [0.05, 0.1) is 17.0 Å². The first kappa shape index (κ1) is 24.9. The van der Waals surface area contributed by atoms with Crippen LogP contribution in [0.4, 0.5) is 0 Å². The number of carbonyl (C=O) groups is 1. The van der Waals surface area contributed by atoms with Crippen LogP contribution in [0.15, 0.2) is 51.4 Å². The van der Waals surface area contributed by atoms with Crippen molar-refractivity contribution in [1.82, 2.24) is 9.83 Å². The number of amides is 1. The smallest absolute Gasteiger partial charge is 0.289 e. The standard InChI is InChI=1S/C23H29N3O5S2/c1-5-13-32(28,29)21-19-18-10-8-7-9-17(18)11-12-26(19)20(22(21)33(30,31)14-6-2)23(27)25-24-15-16(3)4/h7-12,15-16H,5-6,13-14H2,1-4H3,(H,25,27)/b24-15+. The van der Waals surface area contributed by atoms with E-state index in [1.807, 2.05) is 26.0 Å². The van der Waals surface area contributed by atoms with Gasteiger partial charge in [-0.2, -0.15) is 5.10 Å². The molecule has 1 amide bonds. The molecule has 0 radical (unpaired) electrons. The van der Waals surface area contributed by atoms with Crippen LogP contribution in [0.3, 0.4) is 0 Å². The van der Waals surface area contributed by atoms with Gasteiger partial charge < -0.3 is 4.40 Å². The molecule has 178 valence electrons. The second-order valence-corrected chi connectivity index (χ2v) is 12.3. The van der Waals surface area contributed by atoms with E-state index in [2.05, 4.69) is 10.5 Å². The van der Waals surface area contributed by atoms with E-state index in [-0.39, 0.29) is 40.0 Å². The normalized spacial score (nSPS) is 12.9. The molecule has 2 heterocycles. The van der Waals surface area contributed by atoms with Gasteiger partial charge in [-0.1, -0.05) is 52.0 Å². The lowest BCUT2D eigenvalue weighted by molar-refractivity contribution is 0.0945. The molecule has 0 spiro atoms. The lowest BCUT2D eigenvalue weighted by Crippen LogP contribution is -2.23. The lowest BCUT2D eigenvalue weighted by Gasteiger charge is -2.09. The summed E-state index contributed by atoms with van der Waals surface area (Å²) in [7, 11) is -8.13. The topological polar surface area (TPSA) is 114 Å². The highest BCUT2D eigenvalue weighted by Gasteiger charge is 2.37. The second-order valence-electron chi connectivity index (χ2n) is 8.23. The molecule has 0 aliphatic carbocycles. The molecule has 0 unspecified atom stereocenters. The zero-order valence-electron chi connectivity index (χ0n) is 19.2. The Bertz CT molecular complexity index is 1440. The number of nitrogens with zero attached hydrogens (tertiary/aromatic N) is 2. The molecular weight excluding hydrogens is 462 g/mol. The van der Waals surface area contributed by atoms with Crippen molar-refractivity contribution < 1.29 is 21.6 Å². The molecule has 0 saturated heterocycles. The summed E-state index contributed by atoms with van der Waals surface area (Å²) in [6.07, 6.45) is 3.62. The average Bonchev–Trinajstić information content (AvgIpc) is 3.11. The quantitative estimate of drug-likeness (QED) is 0.361. The number of carbonyl (C=O) groups excluding carboxylic acids is 1. The van der Waals surface area contributed by atoms with E-state index in [1.54, 1.807) is 32.0 Å². The number of hydrogen-bond acceptors (Lipinski definition) is 6. The minimum absolute atomic E-state index is 0.0575. The van der Waals surface area contributed by atoms with Gasteiger partial charge >= 0.3 is 0 Å². The highest BCUT2D eigenvalue weighted by molar-refractivity contribution is 7.94. The minimum Gasteiger partial charge on any atom is -0.309 e. The Morgan fingerprint density at radius 3 is 2.21 bits per heavy atom. The first-order chi connectivity index (χ1) is 15.5. The van der Waals surface area contributed by atoms with Crippen LogP contribution in [0.2, 0.25) is 0 Å². The van der Waals surface area contributed by atoms with Gasteiger partial charge in [0.1, 0.15) is 15.5 Å². The number of rotatable bonds is 9. The van der Waals surface area contributed by atoms with Crippen molar-refractivity contribution in [2.24, 2.45) is 11.0 Å². The number of hydrazone groups is 1. The SMILES string of the molecule is CCCS(=O)(=O)c1c(S(=O)(=O)CCC)c2c3ccccc3ccn2c1C(=O)N/N=C/C(C)C. The predicted molar refractivity (Wildman–Crippen MR) is 130 cm³/mol. The zero-order valence-corrected chi connectivity index (χ0v) is 20.8. The molecule has 3 aromatic rings. The van der Waals surface area contributed by atoms with E-state index >= 15 is 0 Å². The third-order valence-corrected chi connectivity index (χ3v) is 9.12. The van der Waals surface area contributed by atoms with Crippen molar-refractivity contribution in [3.8, 4) is 0 Å². The molecule has 1 aromatic carbocycles. The molecular formula is C23H29N3O5S2. The molecule has 0 atom stereocenters. The molecule has 0 saturated carbocycles. The number of aromatic nitrogens is 1. The lowest BCUT2D eigenvalue weighted by atomic mass is 10.1. The maximum absolute atomic E-state index is 13.5. The number of nitrogens with one attached hydrogen (secondary N) is 1. The van der Waals surface area contributed by atoms with Crippen molar-refractivity contribution in [1.29, 1.82) is 0 Å². The fraction of sp³-hybridized carbons (Fsp3) is 0.391. The molecule has 0 aliphatic rings. The van der Waals surface area contributed by atoms with Crippen molar-refractivity contribution in [3.05, 3.63) is 42.2 Å². The van der Waals surface area contributed by atoms with Gasteiger partial charge in [-0.05, 0) is 30.2 Å². The van der Waals surface area contributed by atoms with E-state index in [9.17, 15) is 21.6 Å².